The number of aryl methyl sites for hydroxylation is 1. The van der Waals surface area contributed by atoms with E-state index in [-0.39, 0.29) is 6.10 Å². The Morgan fingerprint density at radius 2 is 2.30 bits per heavy atom. The number of carbonyl (C=O) groups is 1. The van der Waals surface area contributed by atoms with E-state index in [0.29, 0.717) is 0 Å². The lowest BCUT2D eigenvalue weighted by atomic mass is 10.1. The zero-order valence-electron chi connectivity index (χ0n) is 12.1. The molecular weight excluding hydrogens is 274 g/mol. The molecule has 5 heteroatoms. The number of nitrogens with two attached hydrogens (primary N) is 1. The first kappa shape index (κ1) is 15.2. The van der Waals surface area contributed by atoms with Crippen molar-refractivity contribution in [3.63, 3.8) is 0 Å². The summed E-state index contributed by atoms with van der Waals surface area (Å²) in [6.07, 6.45) is 0.972. The molecule has 2 atom stereocenters. The monoisotopic (exact) mass is 295 g/mol. The number of carboxylic acids is 1. The van der Waals surface area contributed by atoms with Gasteiger partial charge in [-0.3, -0.25) is 4.79 Å². The topological polar surface area (TPSA) is 72.6 Å². The normalized spacial score (nSPS) is 19.3. The van der Waals surface area contributed by atoms with Crippen molar-refractivity contribution in [2.24, 2.45) is 5.73 Å². The van der Waals surface area contributed by atoms with Gasteiger partial charge in [0.15, 0.2) is 0 Å². The van der Waals surface area contributed by atoms with Crippen LogP contribution >= 0.6 is 11.8 Å². The van der Waals surface area contributed by atoms with E-state index in [9.17, 15) is 4.79 Å². The smallest absolute Gasteiger partial charge is 0.321 e. The fraction of sp³-hybridized carbons (Fsp3) is 0.533. The highest BCUT2D eigenvalue weighted by Gasteiger charge is 2.34. The van der Waals surface area contributed by atoms with Gasteiger partial charge in [-0.05, 0) is 32.4 Å². The molecule has 1 aliphatic heterocycles. The number of thioether (sulfide) groups is 1. The zero-order valence-corrected chi connectivity index (χ0v) is 12.9. The Balaban J connectivity index is 1.93. The van der Waals surface area contributed by atoms with Crippen molar-refractivity contribution < 1.29 is 14.6 Å². The highest BCUT2D eigenvalue weighted by molar-refractivity contribution is 8.00. The van der Waals surface area contributed by atoms with Gasteiger partial charge in [-0.2, -0.15) is 0 Å². The average molecular weight is 295 g/mol. The third-order valence-electron chi connectivity index (χ3n) is 3.61. The Morgan fingerprint density at radius 3 is 2.95 bits per heavy atom. The minimum Gasteiger partial charge on any atom is -0.489 e. The van der Waals surface area contributed by atoms with Gasteiger partial charge in [0, 0.05) is 16.9 Å². The Kier molecular flexibility index (Phi) is 4.30. The molecule has 1 aromatic rings. The van der Waals surface area contributed by atoms with Crippen LogP contribution in [0.2, 0.25) is 0 Å². The van der Waals surface area contributed by atoms with Crippen LogP contribution in [0.1, 0.15) is 25.0 Å². The molecule has 0 saturated heterocycles. The highest BCUT2D eigenvalue weighted by atomic mass is 32.2. The van der Waals surface area contributed by atoms with E-state index in [1.165, 1.54) is 11.1 Å². The summed E-state index contributed by atoms with van der Waals surface area (Å²) >= 11 is 1.56. The number of aliphatic carboxylic acids is 1. The molecule has 20 heavy (non-hydrogen) atoms. The van der Waals surface area contributed by atoms with Gasteiger partial charge >= 0.3 is 5.97 Å². The van der Waals surface area contributed by atoms with Crippen LogP contribution in [0.5, 0.6) is 5.75 Å². The number of fused-ring (bicyclic) bond motifs is 1. The minimum absolute atomic E-state index is 0.0945. The summed E-state index contributed by atoms with van der Waals surface area (Å²) < 4.78 is 5.37. The first-order valence-corrected chi connectivity index (χ1v) is 7.66. The standard InChI is InChI=1S/C15H21NO3S/c1-9-4-5-12-10(6-9)7-11(19-12)8-20-15(2,3)13(16)14(17)18/h4-6,11,13H,7-8,16H2,1-3H3,(H,17,18)/t11?,13-/m1/s1. The van der Waals surface area contributed by atoms with Gasteiger partial charge in [-0.1, -0.05) is 17.7 Å². The summed E-state index contributed by atoms with van der Waals surface area (Å²) in [5.74, 6) is 0.720. The molecule has 1 heterocycles. The highest BCUT2D eigenvalue weighted by Crippen LogP contribution is 2.34. The predicted molar refractivity (Wildman–Crippen MR) is 81.4 cm³/mol. The summed E-state index contributed by atoms with van der Waals surface area (Å²) in [5.41, 5.74) is 8.18. The summed E-state index contributed by atoms with van der Waals surface area (Å²) in [6.45, 7) is 5.79. The summed E-state index contributed by atoms with van der Waals surface area (Å²) in [5, 5.41) is 9.01. The molecule has 0 amide bonds. The Labute approximate surface area is 123 Å². The molecule has 0 aliphatic carbocycles. The number of carboxylic acid groups (broad SMARTS) is 1. The van der Waals surface area contributed by atoms with Crippen LogP contribution in [0.3, 0.4) is 0 Å². The molecule has 3 N–H and O–H groups in total. The van der Waals surface area contributed by atoms with E-state index in [1.54, 1.807) is 11.8 Å². The van der Waals surface area contributed by atoms with Crippen molar-refractivity contribution in [3.05, 3.63) is 29.3 Å². The van der Waals surface area contributed by atoms with E-state index in [0.717, 1.165) is 17.9 Å². The Hall–Kier alpha value is -1.20. The lowest BCUT2D eigenvalue weighted by molar-refractivity contribution is -0.139. The minimum atomic E-state index is -0.964. The van der Waals surface area contributed by atoms with Crippen LogP contribution in [0.4, 0.5) is 0 Å². The van der Waals surface area contributed by atoms with Crippen LogP contribution < -0.4 is 10.5 Å². The first-order valence-electron chi connectivity index (χ1n) is 6.68. The number of rotatable bonds is 5. The Morgan fingerprint density at radius 1 is 1.60 bits per heavy atom. The van der Waals surface area contributed by atoms with Gasteiger partial charge < -0.3 is 15.6 Å². The van der Waals surface area contributed by atoms with Gasteiger partial charge in [0.2, 0.25) is 0 Å². The first-order chi connectivity index (χ1) is 9.29. The van der Waals surface area contributed by atoms with Gasteiger partial charge in [0.1, 0.15) is 17.9 Å². The largest absolute Gasteiger partial charge is 0.489 e. The van der Waals surface area contributed by atoms with Gasteiger partial charge in [-0.15, -0.1) is 11.8 Å². The fourth-order valence-electron chi connectivity index (χ4n) is 2.24. The molecule has 110 valence electrons. The van der Waals surface area contributed by atoms with Crippen molar-refractivity contribution in [2.75, 3.05) is 5.75 Å². The van der Waals surface area contributed by atoms with E-state index >= 15 is 0 Å². The molecule has 4 nitrogen and oxygen atoms in total. The maximum atomic E-state index is 11.0. The molecule has 2 rings (SSSR count). The van der Waals surface area contributed by atoms with Crippen LogP contribution in [0, 0.1) is 6.92 Å². The maximum Gasteiger partial charge on any atom is 0.321 e. The summed E-state index contributed by atoms with van der Waals surface area (Å²) in [4.78, 5) is 11.0. The third-order valence-corrected chi connectivity index (χ3v) is 5.15. The number of benzene rings is 1. The molecule has 0 bridgehead atoms. The lowest BCUT2D eigenvalue weighted by Gasteiger charge is -2.29. The third kappa shape index (κ3) is 3.27. The van der Waals surface area contributed by atoms with Crippen LogP contribution in [-0.4, -0.2) is 33.7 Å². The van der Waals surface area contributed by atoms with Gasteiger partial charge in [-0.25, -0.2) is 0 Å². The van der Waals surface area contributed by atoms with E-state index in [4.69, 9.17) is 15.6 Å². The van der Waals surface area contributed by atoms with Crippen molar-refractivity contribution in [1.82, 2.24) is 0 Å². The van der Waals surface area contributed by atoms with Crippen LogP contribution in [0.15, 0.2) is 18.2 Å². The summed E-state index contributed by atoms with van der Waals surface area (Å²) in [7, 11) is 0. The van der Waals surface area contributed by atoms with Crippen molar-refractivity contribution >= 4 is 17.7 Å². The lowest BCUT2D eigenvalue weighted by Crippen LogP contribution is -2.47. The van der Waals surface area contributed by atoms with E-state index < -0.39 is 16.8 Å². The molecule has 0 fully saturated rings. The maximum absolute atomic E-state index is 11.0. The second-order valence-corrected chi connectivity index (χ2v) is 7.46. The van der Waals surface area contributed by atoms with Crippen molar-refractivity contribution in [2.45, 2.75) is 44.1 Å². The van der Waals surface area contributed by atoms with Crippen LogP contribution in [-0.2, 0) is 11.2 Å². The zero-order chi connectivity index (χ0) is 14.9. The SMILES string of the molecule is Cc1ccc2c(c1)CC(CSC(C)(C)[C@H](N)C(=O)O)O2. The van der Waals surface area contributed by atoms with Gasteiger partial charge in [0.05, 0.1) is 0 Å². The summed E-state index contributed by atoms with van der Waals surface area (Å²) in [6, 6.07) is 5.31. The van der Waals surface area contributed by atoms with Crippen molar-refractivity contribution in [1.29, 1.82) is 0 Å². The van der Waals surface area contributed by atoms with Crippen LogP contribution in [0.25, 0.3) is 0 Å². The molecule has 1 unspecified atom stereocenters. The second-order valence-electron chi connectivity index (χ2n) is 5.79. The molecular formula is C15H21NO3S. The second kappa shape index (κ2) is 5.66. The molecule has 0 spiro atoms. The van der Waals surface area contributed by atoms with Gasteiger partial charge in [0.25, 0.3) is 0 Å². The number of hydrogen-bond acceptors (Lipinski definition) is 4. The van der Waals surface area contributed by atoms with E-state index in [1.807, 2.05) is 26.0 Å². The average Bonchev–Trinajstić information content (AvgIpc) is 2.77. The molecule has 1 aromatic carbocycles. The van der Waals surface area contributed by atoms with Crippen molar-refractivity contribution in [3.8, 4) is 5.75 Å². The fourth-order valence-corrected chi connectivity index (χ4v) is 3.32. The quantitative estimate of drug-likeness (QED) is 0.871. The van der Waals surface area contributed by atoms with E-state index in [2.05, 4.69) is 13.0 Å². The Bertz CT molecular complexity index is 516. The molecule has 0 saturated carbocycles. The number of ether oxygens (including phenoxy) is 1. The number of hydrogen-bond donors (Lipinski definition) is 2. The molecule has 0 radical (unpaired) electrons. The molecule has 0 aromatic heterocycles. The molecule has 1 aliphatic rings. The predicted octanol–water partition coefficient (Wildman–Crippen LogP) is 2.22.